The molecule has 0 spiro atoms. The van der Waals surface area contributed by atoms with Crippen LogP contribution in [0.2, 0.25) is 0 Å². The number of benzene rings is 2. The molecule has 3 rings (SSSR count). The van der Waals surface area contributed by atoms with Crippen molar-refractivity contribution >= 4 is 5.84 Å². The van der Waals surface area contributed by atoms with Crippen molar-refractivity contribution < 1.29 is 4.58 Å². The number of hydrogen-bond acceptors (Lipinski definition) is 1. The molecule has 1 aliphatic heterocycles. The first kappa shape index (κ1) is 12.9. The summed E-state index contributed by atoms with van der Waals surface area (Å²) in [4.78, 5) is 2.38. The summed E-state index contributed by atoms with van der Waals surface area (Å²) < 4.78 is 2.38. The maximum absolute atomic E-state index is 2.38. The topological polar surface area (TPSA) is 6.25 Å². The van der Waals surface area contributed by atoms with Crippen LogP contribution in [0.5, 0.6) is 0 Å². The standard InChI is InChI=1S/C18H21N2/c1-14-19(2)17(15-10-6-4-7-11-15)18(20(14)3)16-12-8-5-9-13-16/h4-13,17-18H,1-3H3/q+1/t17-,18-/m1/s1. The van der Waals surface area contributed by atoms with Crippen molar-refractivity contribution in [3.05, 3.63) is 71.8 Å². The van der Waals surface area contributed by atoms with Gasteiger partial charge in [-0.2, -0.15) is 0 Å². The van der Waals surface area contributed by atoms with Crippen molar-refractivity contribution in [3.8, 4) is 0 Å². The third-order valence-electron chi connectivity index (χ3n) is 4.44. The fourth-order valence-electron chi connectivity index (χ4n) is 3.19. The Balaban J connectivity index is 2.09. The van der Waals surface area contributed by atoms with Crippen LogP contribution in [0, 0.1) is 0 Å². The minimum atomic E-state index is 0.364. The summed E-state index contributed by atoms with van der Waals surface area (Å²) in [5.74, 6) is 1.31. The molecule has 0 aromatic heterocycles. The zero-order chi connectivity index (χ0) is 14.1. The number of hydrogen-bond donors (Lipinski definition) is 0. The van der Waals surface area contributed by atoms with E-state index in [0.717, 1.165) is 0 Å². The Bertz CT molecular complexity index is 616. The van der Waals surface area contributed by atoms with Gasteiger partial charge in [0.25, 0.3) is 0 Å². The van der Waals surface area contributed by atoms with Crippen molar-refractivity contribution in [1.29, 1.82) is 0 Å². The zero-order valence-electron chi connectivity index (χ0n) is 12.3. The Morgan fingerprint density at radius 3 is 1.90 bits per heavy atom. The predicted octanol–water partition coefficient (Wildman–Crippen LogP) is 3.48. The Labute approximate surface area is 121 Å². The smallest absolute Gasteiger partial charge is 0.244 e. The highest BCUT2D eigenvalue weighted by Crippen LogP contribution is 2.39. The minimum Gasteiger partial charge on any atom is -0.257 e. The summed E-state index contributed by atoms with van der Waals surface area (Å²) in [6.07, 6.45) is 0. The molecule has 0 bridgehead atoms. The normalized spacial score (nSPS) is 22.4. The molecule has 2 heteroatoms. The van der Waals surface area contributed by atoms with Gasteiger partial charge < -0.3 is 0 Å². The average molecular weight is 265 g/mol. The van der Waals surface area contributed by atoms with Crippen LogP contribution in [0.4, 0.5) is 0 Å². The van der Waals surface area contributed by atoms with Crippen LogP contribution in [0.15, 0.2) is 60.7 Å². The molecule has 0 amide bonds. The summed E-state index contributed by atoms with van der Waals surface area (Å²) in [7, 11) is 4.37. The molecule has 0 saturated carbocycles. The largest absolute Gasteiger partial charge is 0.257 e. The van der Waals surface area contributed by atoms with Crippen LogP contribution in [0.25, 0.3) is 0 Å². The first-order chi connectivity index (χ1) is 9.70. The molecule has 1 heterocycles. The molecule has 1 aliphatic rings. The summed E-state index contributed by atoms with van der Waals surface area (Å²) in [6, 6.07) is 22.3. The van der Waals surface area contributed by atoms with E-state index in [1.54, 1.807) is 0 Å². The van der Waals surface area contributed by atoms with Crippen LogP contribution < -0.4 is 0 Å². The molecule has 0 aliphatic carbocycles. The number of likely N-dealkylation sites (N-methyl/N-ethyl adjacent to an activating group) is 2. The van der Waals surface area contributed by atoms with Gasteiger partial charge in [-0.3, -0.25) is 9.48 Å². The fourth-order valence-corrected chi connectivity index (χ4v) is 3.19. The average Bonchev–Trinajstić information content (AvgIpc) is 2.73. The van der Waals surface area contributed by atoms with E-state index < -0.39 is 0 Å². The van der Waals surface area contributed by atoms with Crippen molar-refractivity contribution in [2.45, 2.75) is 19.0 Å². The second-order valence-electron chi connectivity index (χ2n) is 5.48. The van der Waals surface area contributed by atoms with Crippen molar-refractivity contribution in [2.24, 2.45) is 0 Å². The van der Waals surface area contributed by atoms with E-state index in [4.69, 9.17) is 0 Å². The first-order valence-electron chi connectivity index (χ1n) is 7.09. The van der Waals surface area contributed by atoms with Gasteiger partial charge in [0.15, 0.2) is 12.1 Å². The van der Waals surface area contributed by atoms with E-state index in [0.29, 0.717) is 12.1 Å². The van der Waals surface area contributed by atoms with Gasteiger partial charge in [0, 0.05) is 18.1 Å². The number of amidine groups is 1. The molecule has 0 fully saturated rings. The molecule has 0 N–H and O–H groups in total. The summed E-state index contributed by atoms with van der Waals surface area (Å²) in [6.45, 7) is 2.19. The van der Waals surface area contributed by atoms with E-state index in [1.165, 1.54) is 17.0 Å². The van der Waals surface area contributed by atoms with Gasteiger partial charge in [-0.05, 0) is 0 Å². The molecule has 0 saturated heterocycles. The maximum atomic E-state index is 2.38. The monoisotopic (exact) mass is 265 g/mol. The van der Waals surface area contributed by atoms with Gasteiger partial charge in [0.05, 0.1) is 14.1 Å². The van der Waals surface area contributed by atoms with Crippen LogP contribution >= 0.6 is 0 Å². The summed E-state index contributed by atoms with van der Waals surface area (Å²) >= 11 is 0. The molecule has 0 unspecified atom stereocenters. The molecule has 2 atom stereocenters. The van der Waals surface area contributed by atoms with E-state index in [2.05, 4.69) is 91.2 Å². The van der Waals surface area contributed by atoms with Gasteiger partial charge in [-0.1, -0.05) is 60.7 Å². The third kappa shape index (κ3) is 2.01. The van der Waals surface area contributed by atoms with Gasteiger partial charge in [0.1, 0.15) is 0 Å². The van der Waals surface area contributed by atoms with Gasteiger partial charge in [0.2, 0.25) is 5.84 Å². The van der Waals surface area contributed by atoms with Gasteiger partial charge in [-0.15, -0.1) is 0 Å². The Kier molecular flexibility index (Phi) is 3.31. The number of nitrogens with zero attached hydrogens (tertiary/aromatic N) is 2. The molecular weight excluding hydrogens is 244 g/mol. The highest BCUT2D eigenvalue weighted by atomic mass is 15.3. The highest BCUT2D eigenvalue weighted by molar-refractivity contribution is 5.76. The van der Waals surface area contributed by atoms with Gasteiger partial charge >= 0.3 is 0 Å². The van der Waals surface area contributed by atoms with Crippen LogP contribution in [-0.2, 0) is 0 Å². The predicted molar refractivity (Wildman–Crippen MR) is 83.0 cm³/mol. The molecule has 0 radical (unpaired) electrons. The fraction of sp³-hybridized carbons (Fsp3) is 0.278. The van der Waals surface area contributed by atoms with Crippen LogP contribution in [0.3, 0.4) is 0 Å². The molecule has 20 heavy (non-hydrogen) atoms. The lowest BCUT2D eigenvalue weighted by molar-refractivity contribution is -0.539. The Morgan fingerprint density at radius 1 is 0.850 bits per heavy atom. The third-order valence-corrected chi connectivity index (χ3v) is 4.44. The second-order valence-corrected chi connectivity index (χ2v) is 5.48. The Morgan fingerprint density at radius 2 is 1.35 bits per heavy atom. The molecule has 2 aromatic rings. The molecule has 102 valence electrons. The van der Waals surface area contributed by atoms with E-state index in [9.17, 15) is 0 Å². The zero-order valence-corrected chi connectivity index (χ0v) is 12.3. The minimum absolute atomic E-state index is 0.364. The van der Waals surface area contributed by atoms with Crippen molar-refractivity contribution in [1.82, 2.24) is 4.90 Å². The van der Waals surface area contributed by atoms with E-state index in [-0.39, 0.29) is 0 Å². The summed E-state index contributed by atoms with van der Waals surface area (Å²) in [5, 5.41) is 0. The van der Waals surface area contributed by atoms with E-state index in [1.807, 2.05) is 0 Å². The van der Waals surface area contributed by atoms with Crippen molar-refractivity contribution in [3.63, 3.8) is 0 Å². The molecule has 2 aromatic carbocycles. The molecular formula is C18H21N2+. The maximum Gasteiger partial charge on any atom is 0.244 e. The second kappa shape index (κ2) is 5.12. The Hall–Kier alpha value is -2.09. The lowest BCUT2D eigenvalue weighted by Crippen LogP contribution is -2.25. The SMILES string of the molecule is CC1=[N+](C)[C@H](c2ccccc2)[C@@H](c2ccccc2)N1C. The summed E-state index contributed by atoms with van der Waals surface area (Å²) in [5.41, 5.74) is 2.74. The van der Waals surface area contributed by atoms with E-state index >= 15 is 0 Å². The first-order valence-corrected chi connectivity index (χ1v) is 7.09. The van der Waals surface area contributed by atoms with Crippen LogP contribution in [-0.4, -0.2) is 29.4 Å². The molecule has 2 nitrogen and oxygen atoms in total. The number of rotatable bonds is 2. The highest BCUT2D eigenvalue weighted by Gasteiger charge is 2.43. The van der Waals surface area contributed by atoms with Crippen molar-refractivity contribution in [2.75, 3.05) is 14.1 Å². The lowest BCUT2D eigenvalue weighted by Gasteiger charge is -2.21. The quantitative estimate of drug-likeness (QED) is 0.754. The van der Waals surface area contributed by atoms with Crippen LogP contribution in [0.1, 0.15) is 30.1 Å². The van der Waals surface area contributed by atoms with Gasteiger partial charge in [-0.25, -0.2) is 0 Å². The lowest BCUT2D eigenvalue weighted by atomic mass is 9.93.